The number of nitrogens with one attached hydrogen (secondary N) is 1. The first-order valence-electron chi connectivity index (χ1n) is 6.88. The number of likely N-dealkylation sites (N-methyl/N-ethyl adjacent to an activating group) is 1. The van der Waals surface area contributed by atoms with Gasteiger partial charge in [0, 0.05) is 26.6 Å². The molecule has 3 atom stereocenters. The third-order valence-corrected chi connectivity index (χ3v) is 4.09. The first-order chi connectivity index (χ1) is 10.1. The number of hydrogen-bond acceptors (Lipinski definition) is 6. The Morgan fingerprint density at radius 2 is 2.19 bits per heavy atom. The topological polar surface area (TPSA) is 74.8 Å². The highest BCUT2D eigenvalue weighted by Crippen LogP contribution is 2.38. The zero-order valence-electron chi connectivity index (χ0n) is 12.0. The molecule has 0 radical (unpaired) electrons. The van der Waals surface area contributed by atoms with E-state index in [1.807, 2.05) is 12.1 Å². The molecule has 1 N–H and O–H groups in total. The summed E-state index contributed by atoms with van der Waals surface area (Å²) >= 11 is 0. The Morgan fingerprint density at radius 1 is 1.38 bits per heavy atom. The molecule has 0 spiro atoms. The van der Waals surface area contributed by atoms with Gasteiger partial charge in [0.2, 0.25) is 11.8 Å². The minimum absolute atomic E-state index is 0.146. The van der Waals surface area contributed by atoms with Gasteiger partial charge < -0.3 is 4.74 Å². The maximum atomic E-state index is 12.6. The predicted octanol–water partition coefficient (Wildman–Crippen LogP) is -0.427. The number of pyridine rings is 1. The molecule has 0 unspecified atom stereocenters. The molecule has 3 heterocycles. The molecule has 0 bridgehead atoms. The first-order valence-corrected chi connectivity index (χ1v) is 6.88. The number of hydrazine groups is 1. The number of likely N-dealkylation sites (tertiary alicyclic amines) is 1. The van der Waals surface area contributed by atoms with Crippen LogP contribution >= 0.6 is 0 Å². The van der Waals surface area contributed by atoms with Gasteiger partial charge in [0.05, 0.1) is 25.1 Å². The number of nitrogens with zero attached hydrogens (tertiary/aromatic N) is 3. The third kappa shape index (κ3) is 2.23. The molecule has 0 saturated carbocycles. The summed E-state index contributed by atoms with van der Waals surface area (Å²) in [7, 11) is 3.34. The summed E-state index contributed by atoms with van der Waals surface area (Å²) in [5, 5.41) is 1.73. The molecule has 0 aliphatic carbocycles. The van der Waals surface area contributed by atoms with Crippen molar-refractivity contribution < 1.29 is 14.3 Å². The van der Waals surface area contributed by atoms with E-state index in [9.17, 15) is 9.59 Å². The van der Waals surface area contributed by atoms with E-state index < -0.39 is 12.0 Å². The van der Waals surface area contributed by atoms with Crippen molar-refractivity contribution in [3.05, 3.63) is 30.1 Å². The van der Waals surface area contributed by atoms with Crippen molar-refractivity contribution in [2.45, 2.75) is 12.1 Å². The maximum Gasteiger partial charge on any atom is 0.248 e. The normalized spacial score (nSPS) is 29.2. The van der Waals surface area contributed by atoms with Crippen molar-refractivity contribution in [1.29, 1.82) is 0 Å². The first kappa shape index (κ1) is 14.1. The summed E-state index contributed by atoms with van der Waals surface area (Å²) in [6, 6.07) is 3.06. The van der Waals surface area contributed by atoms with Crippen molar-refractivity contribution in [1.82, 2.24) is 20.3 Å². The van der Waals surface area contributed by atoms with Crippen LogP contribution in [0.25, 0.3) is 0 Å². The lowest BCUT2D eigenvalue weighted by molar-refractivity contribution is -0.142. The third-order valence-electron chi connectivity index (χ3n) is 4.09. The Hall–Kier alpha value is -1.83. The SMILES string of the molecule is COCCN1C(=O)[C@H]2[C@@H](C1=O)N(C)N[C@H]2c1cccnc1. The molecule has 2 aliphatic rings. The van der Waals surface area contributed by atoms with Gasteiger partial charge in [0.15, 0.2) is 0 Å². The molecule has 2 aliphatic heterocycles. The lowest BCUT2D eigenvalue weighted by Gasteiger charge is -2.21. The fraction of sp³-hybridized carbons (Fsp3) is 0.500. The molecule has 7 nitrogen and oxygen atoms in total. The molecule has 2 amide bonds. The van der Waals surface area contributed by atoms with E-state index in [2.05, 4.69) is 10.4 Å². The summed E-state index contributed by atoms with van der Waals surface area (Å²) in [4.78, 5) is 30.4. The predicted molar refractivity (Wildman–Crippen MR) is 73.8 cm³/mol. The lowest BCUT2D eigenvalue weighted by atomic mass is 9.92. The molecule has 112 valence electrons. The Labute approximate surface area is 122 Å². The van der Waals surface area contributed by atoms with Crippen molar-refractivity contribution in [2.24, 2.45) is 5.92 Å². The Morgan fingerprint density at radius 3 is 2.86 bits per heavy atom. The zero-order valence-corrected chi connectivity index (χ0v) is 12.0. The Balaban J connectivity index is 1.89. The molecule has 2 saturated heterocycles. The number of ether oxygens (including phenoxy) is 1. The number of carbonyl (C=O) groups is 2. The van der Waals surface area contributed by atoms with Gasteiger partial charge in [-0.15, -0.1) is 0 Å². The number of methoxy groups -OCH3 is 1. The Bertz CT molecular complexity index is 550. The molecular weight excluding hydrogens is 272 g/mol. The molecule has 21 heavy (non-hydrogen) atoms. The van der Waals surface area contributed by atoms with Gasteiger partial charge >= 0.3 is 0 Å². The average Bonchev–Trinajstić information content (AvgIpc) is 2.96. The van der Waals surface area contributed by atoms with Crippen LogP contribution in [0.5, 0.6) is 0 Å². The molecule has 3 rings (SSSR count). The van der Waals surface area contributed by atoms with Crippen LogP contribution in [0.1, 0.15) is 11.6 Å². The van der Waals surface area contributed by atoms with Gasteiger partial charge in [-0.05, 0) is 11.6 Å². The summed E-state index contributed by atoms with van der Waals surface area (Å²) < 4.78 is 4.98. The van der Waals surface area contributed by atoms with Gasteiger partial charge in [0.25, 0.3) is 0 Å². The van der Waals surface area contributed by atoms with E-state index in [0.717, 1.165) is 5.56 Å². The van der Waals surface area contributed by atoms with Crippen LogP contribution in [0.15, 0.2) is 24.5 Å². The van der Waals surface area contributed by atoms with Crippen LogP contribution in [0, 0.1) is 5.92 Å². The van der Waals surface area contributed by atoms with Gasteiger partial charge in [-0.25, -0.2) is 10.4 Å². The summed E-state index contributed by atoms with van der Waals surface area (Å²) in [5.74, 6) is -0.722. The highest BCUT2D eigenvalue weighted by atomic mass is 16.5. The summed E-state index contributed by atoms with van der Waals surface area (Å²) in [6.45, 7) is 0.653. The second kappa shape index (κ2) is 5.51. The van der Waals surface area contributed by atoms with Gasteiger partial charge in [-0.1, -0.05) is 6.07 Å². The van der Waals surface area contributed by atoms with E-state index in [-0.39, 0.29) is 17.9 Å². The average molecular weight is 290 g/mol. The van der Waals surface area contributed by atoms with Crippen LogP contribution in [0.3, 0.4) is 0 Å². The molecule has 0 aromatic carbocycles. The van der Waals surface area contributed by atoms with E-state index >= 15 is 0 Å². The fourth-order valence-corrected chi connectivity index (χ4v) is 3.09. The Kier molecular flexibility index (Phi) is 3.71. The van der Waals surface area contributed by atoms with Gasteiger partial charge in [-0.2, -0.15) is 0 Å². The minimum atomic E-state index is -0.459. The second-order valence-electron chi connectivity index (χ2n) is 5.30. The summed E-state index contributed by atoms with van der Waals surface area (Å²) in [6.07, 6.45) is 3.41. The van der Waals surface area contributed by atoms with Crippen LogP contribution < -0.4 is 5.43 Å². The highest BCUT2D eigenvalue weighted by molar-refractivity contribution is 6.07. The van der Waals surface area contributed by atoms with Gasteiger partial charge in [-0.3, -0.25) is 19.5 Å². The molecule has 1 aromatic heterocycles. The monoisotopic (exact) mass is 290 g/mol. The molecule has 1 aromatic rings. The minimum Gasteiger partial charge on any atom is -0.383 e. The number of rotatable bonds is 4. The van der Waals surface area contributed by atoms with Crippen molar-refractivity contribution >= 4 is 11.8 Å². The summed E-state index contributed by atoms with van der Waals surface area (Å²) in [5.41, 5.74) is 4.11. The fourth-order valence-electron chi connectivity index (χ4n) is 3.09. The van der Waals surface area contributed by atoms with Crippen LogP contribution in [0.4, 0.5) is 0 Å². The molecular formula is C14H18N4O3. The maximum absolute atomic E-state index is 12.6. The van der Waals surface area contributed by atoms with E-state index in [0.29, 0.717) is 13.2 Å². The molecule has 7 heteroatoms. The van der Waals surface area contributed by atoms with Crippen molar-refractivity contribution in [2.75, 3.05) is 27.3 Å². The van der Waals surface area contributed by atoms with E-state index in [1.54, 1.807) is 31.6 Å². The quantitative estimate of drug-likeness (QED) is 0.759. The van der Waals surface area contributed by atoms with Crippen LogP contribution in [-0.2, 0) is 14.3 Å². The smallest absolute Gasteiger partial charge is 0.248 e. The standard InChI is InChI=1S/C14H18N4O3/c1-17-12-10(11(16-17)9-4-3-5-15-8-9)13(19)18(14(12)20)6-7-21-2/h3-5,8,10-12,16H,6-7H2,1-2H3/t10-,11+,12+/m1/s1. The van der Waals surface area contributed by atoms with Crippen LogP contribution in [0.2, 0.25) is 0 Å². The van der Waals surface area contributed by atoms with E-state index in [4.69, 9.17) is 4.74 Å². The highest BCUT2D eigenvalue weighted by Gasteiger charge is 2.57. The number of amides is 2. The van der Waals surface area contributed by atoms with Crippen molar-refractivity contribution in [3.8, 4) is 0 Å². The van der Waals surface area contributed by atoms with Gasteiger partial charge in [0.1, 0.15) is 6.04 Å². The number of aromatic nitrogens is 1. The van der Waals surface area contributed by atoms with E-state index in [1.165, 1.54) is 4.90 Å². The number of carbonyl (C=O) groups excluding carboxylic acids is 2. The largest absolute Gasteiger partial charge is 0.383 e. The number of fused-ring (bicyclic) bond motifs is 1. The lowest BCUT2D eigenvalue weighted by Crippen LogP contribution is -2.43. The zero-order chi connectivity index (χ0) is 15.0. The molecule has 2 fully saturated rings. The van der Waals surface area contributed by atoms with Crippen molar-refractivity contribution in [3.63, 3.8) is 0 Å². The number of hydrogen-bond donors (Lipinski definition) is 1. The van der Waals surface area contributed by atoms with Crippen LogP contribution in [-0.4, -0.2) is 60.1 Å². The number of imide groups is 1. The second-order valence-corrected chi connectivity index (χ2v) is 5.30.